The third-order valence-electron chi connectivity index (χ3n) is 18.0. The highest BCUT2D eigenvalue weighted by molar-refractivity contribution is 7.26. The monoisotopic (exact) mass is 1150 g/mol. The lowest BCUT2D eigenvalue weighted by molar-refractivity contribution is 0.939. The number of hydrogen-bond donors (Lipinski definition) is 0. The summed E-state index contributed by atoms with van der Waals surface area (Å²) >= 11 is 1.87. The standard InChI is InChI=1S/C79H47N9S/c1-5-17-48(18-6-1)66-45-67(49-19-7-2-8-20-49)84-79(83-66)88-72-38-32-53(42-63(72)65-44-73-64(43-74(65)88)56-25-13-15-27-68(56)85(73)54-21-9-3-10-22-54)52-31-37-71-62(41-52)61-40-51(30-36-70(61)87(71)78-81-46-80-47-82-78)50-29-35-69-60(39-50)58-33-34-59-57-26-14-16-28-75(57)89-77(59)76(58)86(69)55-23-11-4-12-24-55/h1-47H. The zero-order chi connectivity index (χ0) is 58.3. The first-order valence-corrected chi connectivity index (χ1v) is 30.7. The van der Waals surface area contributed by atoms with Crippen LogP contribution in [-0.2, 0) is 0 Å². The predicted molar refractivity (Wildman–Crippen MR) is 367 cm³/mol. The van der Waals surface area contributed by atoms with Gasteiger partial charge in [-0.15, -0.1) is 11.3 Å². The summed E-state index contributed by atoms with van der Waals surface area (Å²) in [7, 11) is 0. The fourth-order valence-electron chi connectivity index (χ4n) is 14.0. The van der Waals surface area contributed by atoms with Gasteiger partial charge in [0, 0.05) is 81.1 Å². The van der Waals surface area contributed by atoms with Gasteiger partial charge in [0.1, 0.15) is 12.7 Å². The zero-order valence-corrected chi connectivity index (χ0v) is 48.4. The molecule has 19 rings (SSSR count). The Morgan fingerprint density at radius 2 is 0.674 bits per heavy atom. The maximum atomic E-state index is 5.46. The summed E-state index contributed by atoms with van der Waals surface area (Å²) in [6, 6.07) is 98.7. The number of hydrogen-bond acceptors (Lipinski definition) is 6. The van der Waals surface area contributed by atoms with Crippen molar-refractivity contribution in [1.29, 1.82) is 0 Å². The smallest absolute Gasteiger partial charge is 0.237 e. The van der Waals surface area contributed by atoms with Crippen molar-refractivity contribution < 1.29 is 0 Å². The van der Waals surface area contributed by atoms with Gasteiger partial charge in [-0.2, -0.15) is 0 Å². The second kappa shape index (κ2) is 19.3. The molecule has 0 atom stereocenters. The molecule has 0 aliphatic heterocycles. The molecule has 7 aromatic heterocycles. The number of nitrogens with zero attached hydrogens (tertiary/aromatic N) is 9. The van der Waals surface area contributed by atoms with Crippen LogP contribution in [0.25, 0.3) is 175 Å². The minimum atomic E-state index is 0.561. The molecule has 0 N–H and O–H groups in total. The number of benzene rings is 12. The lowest BCUT2D eigenvalue weighted by Gasteiger charge is -2.12. The highest BCUT2D eigenvalue weighted by Crippen LogP contribution is 2.46. The van der Waals surface area contributed by atoms with Crippen molar-refractivity contribution in [2.24, 2.45) is 0 Å². The molecule has 0 bridgehead atoms. The molecule has 0 aliphatic carbocycles. The average molecular weight is 1150 g/mol. The maximum absolute atomic E-state index is 5.46. The van der Waals surface area contributed by atoms with E-state index in [1.807, 2.05) is 23.5 Å². The fraction of sp³-hybridized carbons (Fsp3) is 0. The van der Waals surface area contributed by atoms with Gasteiger partial charge in [-0.05, 0) is 125 Å². The van der Waals surface area contributed by atoms with E-state index in [-0.39, 0.29) is 0 Å². The molecule has 0 spiro atoms. The van der Waals surface area contributed by atoms with Crippen LogP contribution in [0, 0.1) is 0 Å². The molecular weight excluding hydrogens is 1110 g/mol. The number of fused-ring (bicyclic) bond motifs is 16. The Kier molecular flexibility index (Phi) is 10.7. The molecule has 0 fully saturated rings. The molecule has 7 heterocycles. The van der Waals surface area contributed by atoms with Crippen molar-refractivity contribution in [3.8, 4) is 68.0 Å². The third-order valence-corrected chi connectivity index (χ3v) is 19.2. The van der Waals surface area contributed by atoms with Gasteiger partial charge in [-0.1, -0.05) is 170 Å². The van der Waals surface area contributed by atoms with Crippen LogP contribution in [0.5, 0.6) is 0 Å². The van der Waals surface area contributed by atoms with Crippen LogP contribution >= 0.6 is 11.3 Å². The van der Waals surface area contributed by atoms with Crippen molar-refractivity contribution in [1.82, 2.24) is 43.2 Å². The Morgan fingerprint density at radius 3 is 1.25 bits per heavy atom. The molecule has 414 valence electrons. The molecule has 0 saturated carbocycles. The Morgan fingerprint density at radius 1 is 0.258 bits per heavy atom. The Hall–Kier alpha value is -11.9. The zero-order valence-electron chi connectivity index (χ0n) is 47.6. The summed E-state index contributed by atoms with van der Waals surface area (Å²) in [6.45, 7) is 0. The first-order chi connectivity index (χ1) is 44.1. The Bertz CT molecular complexity index is 6030. The van der Waals surface area contributed by atoms with Gasteiger partial charge in [-0.25, -0.2) is 24.9 Å². The molecule has 0 amide bonds. The van der Waals surface area contributed by atoms with E-state index >= 15 is 0 Å². The lowest BCUT2D eigenvalue weighted by Crippen LogP contribution is -2.04. The van der Waals surface area contributed by atoms with Gasteiger partial charge in [0.25, 0.3) is 0 Å². The summed E-state index contributed by atoms with van der Waals surface area (Å²) < 4.78 is 11.9. The molecule has 10 heteroatoms. The molecule has 9 nitrogen and oxygen atoms in total. The van der Waals surface area contributed by atoms with E-state index in [2.05, 4.69) is 284 Å². The van der Waals surface area contributed by atoms with E-state index in [0.29, 0.717) is 11.9 Å². The van der Waals surface area contributed by atoms with Gasteiger partial charge in [0.2, 0.25) is 11.9 Å². The van der Waals surface area contributed by atoms with Crippen LogP contribution in [0.15, 0.2) is 286 Å². The highest BCUT2D eigenvalue weighted by Gasteiger charge is 2.24. The summed E-state index contributed by atoms with van der Waals surface area (Å²) in [5.74, 6) is 1.16. The van der Waals surface area contributed by atoms with Crippen LogP contribution in [0.1, 0.15) is 0 Å². The number of para-hydroxylation sites is 3. The number of rotatable bonds is 8. The van der Waals surface area contributed by atoms with Gasteiger partial charge in [0.15, 0.2) is 0 Å². The summed E-state index contributed by atoms with van der Waals surface area (Å²) in [6.07, 6.45) is 3.14. The van der Waals surface area contributed by atoms with Gasteiger partial charge in [0.05, 0.1) is 60.2 Å². The molecule has 12 aromatic carbocycles. The van der Waals surface area contributed by atoms with Crippen molar-refractivity contribution in [2.45, 2.75) is 0 Å². The molecule has 0 saturated heterocycles. The van der Waals surface area contributed by atoms with E-state index in [9.17, 15) is 0 Å². The van der Waals surface area contributed by atoms with E-state index in [4.69, 9.17) is 19.9 Å². The van der Waals surface area contributed by atoms with E-state index < -0.39 is 0 Å². The topological polar surface area (TPSA) is 84.2 Å². The molecule has 0 unspecified atom stereocenters. The summed E-state index contributed by atoms with van der Waals surface area (Å²) in [5.41, 5.74) is 19.1. The van der Waals surface area contributed by atoms with Crippen LogP contribution < -0.4 is 0 Å². The number of thiophene rings is 1. The molecule has 0 radical (unpaired) electrons. The second-order valence-corrected chi connectivity index (χ2v) is 23.9. The SMILES string of the molecule is c1ccc(-c2cc(-c3ccccc3)nc(-n3c4ccc(-c5ccc6c(c5)c5cc(-c7ccc8c(c7)c7ccc9c%10ccccc%10sc9c7n8-c7ccccc7)ccc5n6-c5ncncn5)cc4c4cc5c(cc43)c3ccccc3n5-c3ccccc3)n2)cc1. The van der Waals surface area contributed by atoms with Gasteiger partial charge < -0.3 is 9.13 Å². The van der Waals surface area contributed by atoms with Crippen LogP contribution in [0.4, 0.5) is 0 Å². The second-order valence-electron chi connectivity index (χ2n) is 22.9. The average Bonchev–Trinajstić information content (AvgIpc) is 1.62. The van der Waals surface area contributed by atoms with Crippen molar-refractivity contribution in [2.75, 3.05) is 0 Å². The minimum Gasteiger partial charge on any atom is -0.309 e. The van der Waals surface area contributed by atoms with Crippen molar-refractivity contribution >= 4 is 119 Å². The molecule has 19 aromatic rings. The Labute approximate surface area is 512 Å². The fourth-order valence-corrected chi connectivity index (χ4v) is 15.3. The van der Waals surface area contributed by atoms with Gasteiger partial charge >= 0.3 is 0 Å². The number of aromatic nitrogens is 9. The minimum absolute atomic E-state index is 0.561. The van der Waals surface area contributed by atoms with Crippen LogP contribution in [0.2, 0.25) is 0 Å². The predicted octanol–water partition coefficient (Wildman–Crippen LogP) is 20.1. The van der Waals surface area contributed by atoms with Gasteiger partial charge in [-0.3, -0.25) is 9.13 Å². The highest BCUT2D eigenvalue weighted by atomic mass is 32.1. The maximum Gasteiger partial charge on any atom is 0.237 e. The van der Waals surface area contributed by atoms with Crippen molar-refractivity contribution in [3.05, 3.63) is 286 Å². The quantitative estimate of drug-likeness (QED) is 0.151. The molecular formula is C79H47N9S. The third kappa shape index (κ3) is 7.57. The summed E-state index contributed by atoms with van der Waals surface area (Å²) in [4.78, 5) is 24.6. The van der Waals surface area contributed by atoms with Crippen molar-refractivity contribution in [3.63, 3.8) is 0 Å². The van der Waals surface area contributed by atoms with E-state index in [1.54, 1.807) is 12.7 Å². The Balaban J connectivity index is 0.827. The normalized spacial score (nSPS) is 12.0. The lowest BCUT2D eigenvalue weighted by atomic mass is 9.98. The molecule has 89 heavy (non-hydrogen) atoms. The first kappa shape index (κ1) is 49.4. The largest absolute Gasteiger partial charge is 0.309 e. The van der Waals surface area contributed by atoms with E-state index in [0.717, 1.165) is 116 Å². The van der Waals surface area contributed by atoms with Crippen LogP contribution in [0.3, 0.4) is 0 Å². The first-order valence-electron chi connectivity index (χ1n) is 29.9. The van der Waals surface area contributed by atoms with Crippen LogP contribution in [-0.4, -0.2) is 43.2 Å². The molecule has 0 aliphatic rings. The van der Waals surface area contributed by atoms with E-state index in [1.165, 1.54) is 47.4 Å². The summed E-state index contributed by atoms with van der Waals surface area (Å²) in [5, 5.41) is 11.7.